The summed E-state index contributed by atoms with van der Waals surface area (Å²) in [6.07, 6.45) is -2.28. The molecule has 11 heteroatoms. The molecule has 1 saturated heterocycles. The van der Waals surface area contributed by atoms with Crippen molar-refractivity contribution in [2.24, 2.45) is 0 Å². The third-order valence-electron chi connectivity index (χ3n) is 6.56. The second kappa shape index (κ2) is 8.97. The van der Waals surface area contributed by atoms with Crippen LogP contribution < -0.4 is 10.6 Å². The van der Waals surface area contributed by atoms with Crippen molar-refractivity contribution in [3.8, 4) is 6.07 Å². The van der Waals surface area contributed by atoms with Gasteiger partial charge in [-0.25, -0.2) is 4.98 Å². The van der Waals surface area contributed by atoms with E-state index in [1.165, 1.54) is 17.2 Å². The molecule has 1 aliphatic rings. The Hall–Kier alpha value is -4.30. The van der Waals surface area contributed by atoms with Gasteiger partial charge in [0.25, 0.3) is 6.01 Å². The van der Waals surface area contributed by atoms with Crippen LogP contribution in [0.2, 0.25) is 0 Å². The van der Waals surface area contributed by atoms with Gasteiger partial charge in [0.2, 0.25) is 0 Å². The number of rotatable bonds is 6. The van der Waals surface area contributed by atoms with E-state index in [9.17, 15) is 18.4 Å². The average Bonchev–Trinajstić information content (AvgIpc) is 3.61. The van der Waals surface area contributed by atoms with Crippen molar-refractivity contribution in [3.05, 3.63) is 59.7 Å². The van der Waals surface area contributed by atoms with Crippen LogP contribution in [0.1, 0.15) is 24.0 Å². The third-order valence-corrected chi connectivity index (χ3v) is 6.56. The number of hydrogen-bond acceptors (Lipinski definition) is 7. The zero-order valence-corrected chi connectivity index (χ0v) is 19.6. The van der Waals surface area contributed by atoms with Crippen LogP contribution in [0.5, 0.6) is 0 Å². The van der Waals surface area contributed by atoms with Gasteiger partial charge >= 0.3 is 6.18 Å². The number of hydrogen-bond donors (Lipinski definition) is 2. The molecule has 0 aliphatic carbocycles. The Balaban J connectivity index is 1.36. The van der Waals surface area contributed by atoms with Gasteiger partial charge in [0.05, 0.1) is 16.6 Å². The van der Waals surface area contributed by atoms with Crippen molar-refractivity contribution < 1.29 is 17.6 Å². The fourth-order valence-electron chi connectivity index (χ4n) is 4.81. The van der Waals surface area contributed by atoms with Crippen LogP contribution in [-0.4, -0.2) is 45.4 Å². The minimum atomic E-state index is -4.73. The molecule has 4 heterocycles. The number of oxazole rings is 1. The van der Waals surface area contributed by atoms with Crippen LogP contribution in [0.15, 0.2) is 52.9 Å². The molecule has 0 amide bonds. The first-order valence-corrected chi connectivity index (χ1v) is 12.0. The van der Waals surface area contributed by atoms with E-state index in [1.54, 1.807) is 48.5 Å². The van der Waals surface area contributed by atoms with Crippen LogP contribution in [0.4, 0.5) is 30.7 Å². The summed E-state index contributed by atoms with van der Waals surface area (Å²) < 4.78 is 49.1. The molecule has 0 bridgehead atoms. The molecule has 0 unspecified atom stereocenters. The summed E-state index contributed by atoms with van der Waals surface area (Å²) in [4.78, 5) is 11.2. The molecule has 6 rings (SSSR count). The number of likely N-dealkylation sites (tertiary alicyclic amines) is 1. The second-order valence-electron chi connectivity index (χ2n) is 8.99. The van der Waals surface area contributed by atoms with Gasteiger partial charge in [-0.1, -0.05) is 12.1 Å². The van der Waals surface area contributed by atoms with Crippen molar-refractivity contribution >= 4 is 45.3 Å². The highest BCUT2D eigenvalue weighted by atomic mass is 19.4. The fraction of sp³-hybridized carbons (Fsp3) is 0.269. The molecule has 2 N–H and O–H groups in total. The molecule has 5 aromatic rings. The Bertz CT molecular complexity index is 1660. The third kappa shape index (κ3) is 4.29. The van der Waals surface area contributed by atoms with Gasteiger partial charge in [-0.15, -0.1) is 0 Å². The Morgan fingerprint density at radius 2 is 1.84 bits per heavy atom. The predicted octanol–water partition coefficient (Wildman–Crippen LogP) is 5.77. The summed E-state index contributed by atoms with van der Waals surface area (Å²) in [6.45, 7) is 3.82. The fourth-order valence-corrected chi connectivity index (χ4v) is 4.81. The van der Waals surface area contributed by atoms with Gasteiger partial charge in [0, 0.05) is 24.8 Å². The topological polar surface area (TPSA) is 94.4 Å². The van der Waals surface area contributed by atoms with Crippen molar-refractivity contribution in [3.63, 3.8) is 0 Å². The summed E-state index contributed by atoms with van der Waals surface area (Å²) in [5, 5.41) is 15.8. The van der Waals surface area contributed by atoms with Gasteiger partial charge in [-0.3, -0.25) is 4.40 Å². The summed E-state index contributed by atoms with van der Waals surface area (Å²) >= 11 is 0. The number of anilines is 3. The first-order valence-electron chi connectivity index (χ1n) is 12.0. The Morgan fingerprint density at radius 1 is 1.03 bits per heavy atom. The molecular weight excluding hydrogens is 483 g/mol. The molecule has 1 fully saturated rings. The number of aromatic nitrogens is 3. The molecule has 188 valence electrons. The maximum absolute atomic E-state index is 13.9. The van der Waals surface area contributed by atoms with E-state index in [1.807, 2.05) is 0 Å². The monoisotopic (exact) mass is 505 g/mol. The van der Waals surface area contributed by atoms with Gasteiger partial charge in [0.1, 0.15) is 23.0 Å². The highest BCUT2D eigenvalue weighted by Crippen LogP contribution is 2.38. The zero-order valence-electron chi connectivity index (χ0n) is 19.6. The lowest BCUT2D eigenvalue weighted by atomic mass is 10.1. The summed E-state index contributed by atoms with van der Waals surface area (Å²) in [7, 11) is 0. The highest BCUT2D eigenvalue weighted by Gasteiger charge is 2.36. The average molecular weight is 506 g/mol. The summed E-state index contributed by atoms with van der Waals surface area (Å²) in [6, 6.07) is 15.1. The number of alkyl halides is 3. The molecule has 3 aromatic heterocycles. The molecule has 1 aliphatic heterocycles. The van der Waals surface area contributed by atoms with Gasteiger partial charge in [-0.2, -0.15) is 23.4 Å². The zero-order chi connectivity index (χ0) is 25.6. The van der Waals surface area contributed by atoms with E-state index < -0.39 is 17.3 Å². The molecule has 0 atom stereocenters. The number of nitriles is 1. The maximum Gasteiger partial charge on any atom is 0.417 e. The molecule has 8 nitrogen and oxygen atoms in total. The SMILES string of the molecule is N#Cc1c(C(F)(F)F)cc(Nc2ccc3nc(NCCN4CCCC4)oc3c2)n2c1nc1ccccc12. The second-order valence-corrected chi connectivity index (χ2v) is 8.99. The highest BCUT2D eigenvalue weighted by molar-refractivity contribution is 5.87. The number of para-hydroxylation sites is 2. The minimum Gasteiger partial charge on any atom is -0.423 e. The lowest BCUT2D eigenvalue weighted by Crippen LogP contribution is -2.25. The molecule has 0 spiro atoms. The van der Waals surface area contributed by atoms with Crippen molar-refractivity contribution in [2.45, 2.75) is 19.0 Å². The predicted molar refractivity (Wildman–Crippen MR) is 134 cm³/mol. The van der Waals surface area contributed by atoms with Crippen molar-refractivity contribution in [1.82, 2.24) is 19.3 Å². The Labute approximate surface area is 209 Å². The number of pyridine rings is 1. The number of fused-ring (bicyclic) bond motifs is 4. The van der Waals surface area contributed by atoms with Crippen molar-refractivity contribution in [1.29, 1.82) is 5.26 Å². The van der Waals surface area contributed by atoms with Crippen LogP contribution in [0.3, 0.4) is 0 Å². The van der Waals surface area contributed by atoms with E-state index in [0.29, 0.717) is 40.4 Å². The van der Waals surface area contributed by atoms with E-state index in [0.717, 1.165) is 25.7 Å². The summed E-state index contributed by atoms with van der Waals surface area (Å²) in [5.74, 6) is 0.123. The molecule has 37 heavy (non-hydrogen) atoms. The number of nitrogens with zero attached hydrogens (tertiary/aromatic N) is 5. The first-order chi connectivity index (χ1) is 17.9. The maximum atomic E-state index is 13.9. The largest absolute Gasteiger partial charge is 0.423 e. The standard InChI is InChI=1S/C26H22F3N7O/c27-26(28,29)18-14-23(36-21-6-2-1-5-19(21)33-24(36)17(18)15-30)32-16-7-8-20-22(13-16)37-25(34-20)31-9-12-35-10-3-4-11-35/h1-2,5-8,13-14,32H,3-4,9-12H2,(H,31,34). The van der Waals surface area contributed by atoms with Crippen molar-refractivity contribution in [2.75, 3.05) is 36.8 Å². The summed E-state index contributed by atoms with van der Waals surface area (Å²) in [5.41, 5.74) is 1.05. The first kappa shape index (κ1) is 23.1. The lowest BCUT2D eigenvalue weighted by molar-refractivity contribution is -0.137. The van der Waals surface area contributed by atoms with Gasteiger partial charge in [0.15, 0.2) is 11.2 Å². The molecule has 0 saturated carbocycles. The van der Waals surface area contributed by atoms with Crippen LogP contribution in [-0.2, 0) is 6.18 Å². The number of halogens is 3. The quantitative estimate of drug-likeness (QED) is 0.303. The minimum absolute atomic E-state index is 0.0637. The van der Waals surface area contributed by atoms with Crippen LogP contribution in [0, 0.1) is 11.3 Å². The van der Waals surface area contributed by atoms with E-state index in [-0.39, 0.29) is 11.5 Å². The molecular formula is C26H22F3N7O. The van der Waals surface area contributed by atoms with E-state index >= 15 is 0 Å². The molecule has 2 aromatic carbocycles. The smallest absolute Gasteiger partial charge is 0.417 e. The number of imidazole rings is 1. The number of benzene rings is 2. The molecule has 0 radical (unpaired) electrons. The van der Waals surface area contributed by atoms with E-state index in [2.05, 4.69) is 25.5 Å². The Kier molecular flexibility index (Phi) is 5.61. The van der Waals surface area contributed by atoms with Gasteiger partial charge < -0.3 is 20.0 Å². The van der Waals surface area contributed by atoms with Crippen LogP contribution in [0.25, 0.3) is 27.8 Å². The Morgan fingerprint density at radius 3 is 2.62 bits per heavy atom. The normalized spacial score (nSPS) is 14.5. The number of nitrogens with one attached hydrogen (secondary N) is 2. The van der Waals surface area contributed by atoms with E-state index in [4.69, 9.17) is 4.42 Å². The van der Waals surface area contributed by atoms with Gasteiger partial charge in [-0.05, 0) is 56.3 Å². The van der Waals surface area contributed by atoms with Crippen LogP contribution >= 0.6 is 0 Å². The lowest BCUT2D eigenvalue weighted by Gasteiger charge is -2.15.